The van der Waals surface area contributed by atoms with Gasteiger partial charge in [-0.2, -0.15) is 13.2 Å². The number of anilines is 3. The number of imidazole rings is 1. The minimum atomic E-state index is -4.38. The van der Waals surface area contributed by atoms with Crippen molar-refractivity contribution in [2.75, 3.05) is 11.1 Å². The summed E-state index contributed by atoms with van der Waals surface area (Å²) in [7, 11) is 0. The standard InChI is InChI=1S/C20H18F3N7OS/c1-10-17(24)30-9-14(25-7-15(30)27-10)18(31)28-11(2)19-26-8-16(32-19)29-13-5-3-12(4-6-13)20(21,22)23/h3-9,11,29H,24H2,1-2H3,(H,28,31). The lowest BCUT2D eigenvalue weighted by molar-refractivity contribution is -0.137. The van der Waals surface area contributed by atoms with E-state index in [2.05, 4.69) is 25.6 Å². The summed E-state index contributed by atoms with van der Waals surface area (Å²) in [5, 5.41) is 7.08. The molecule has 0 aliphatic rings. The smallest absolute Gasteiger partial charge is 0.383 e. The number of hydrogen-bond donors (Lipinski definition) is 3. The molecule has 0 bridgehead atoms. The Kier molecular flexibility index (Phi) is 5.46. The van der Waals surface area contributed by atoms with Crippen LogP contribution in [0.3, 0.4) is 0 Å². The molecular weight excluding hydrogens is 443 g/mol. The van der Waals surface area contributed by atoms with E-state index in [-0.39, 0.29) is 5.69 Å². The molecule has 1 atom stereocenters. The predicted octanol–water partition coefficient (Wildman–Crippen LogP) is 4.33. The Morgan fingerprint density at radius 1 is 1.19 bits per heavy atom. The van der Waals surface area contributed by atoms with Crippen LogP contribution in [0.5, 0.6) is 0 Å². The van der Waals surface area contributed by atoms with Crippen LogP contribution >= 0.6 is 11.3 Å². The van der Waals surface area contributed by atoms with E-state index in [9.17, 15) is 18.0 Å². The van der Waals surface area contributed by atoms with Gasteiger partial charge in [0, 0.05) is 11.9 Å². The lowest BCUT2D eigenvalue weighted by Crippen LogP contribution is -2.27. The van der Waals surface area contributed by atoms with Crippen LogP contribution < -0.4 is 16.4 Å². The van der Waals surface area contributed by atoms with E-state index in [1.165, 1.54) is 35.9 Å². The number of thiazole rings is 1. The largest absolute Gasteiger partial charge is 0.416 e. The quantitative estimate of drug-likeness (QED) is 0.408. The molecule has 8 nitrogen and oxygen atoms in total. The van der Waals surface area contributed by atoms with Gasteiger partial charge in [-0.15, -0.1) is 0 Å². The molecule has 0 spiro atoms. The Hall–Kier alpha value is -3.67. The van der Waals surface area contributed by atoms with Crippen molar-refractivity contribution < 1.29 is 18.0 Å². The highest BCUT2D eigenvalue weighted by atomic mass is 32.1. The number of nitrogens with two attached hydrogens (primary N) is 1. The number of nitrogen functional groups attached to an aromatic ring is 1. The highest BCUT2D eigenvalue weighted by molar-refractivity contribution is 7.15. The normalized spacial score (nSPS) is 12.7. The number of benzene rings is 1. The summed E-state index contributed by atoms with van der Waals surface area (Å²) >= 11 is 1.28. The van der Waals surface area contributed by atoms with Gasteiger partial charge >= 0.3 is 6.18 Å². The fraction of sp³-hybridized carbons (Fsp3) is 0.200. The van der Waals surface area contributed by atoms with Crippen molar-refractivity contribution in [2.24, 2.45) is 0 Å². The zero-order valence-electron chi connectivity index (χ0n) is 16.9. The van der Waals surface area contributed by atoms with E-state index >= 15 is 0 Å². The van der Waals surface area contributed by atoms with Crippen LogP contribution in [0.25, 0.3) is 5.65 Å². The third kappa shape index (κ3) is 4.35. The van der Waals surface area contributed by atoms with Crippen LogP contribution in [0, 0.1) is 6.92 Å². The second kappa shape index (κ2) is 8.11. The van der Waals surface area contributed by atoms with Gasteiger partial charge in [-0.3, -0.25) is 9.20 Å². The van der Waals surface area contributed by atoms with Crippen LogP contribution in [-0.4, -0.2) is 25.3 Å². The van der Waals surface area contributed by atoms with Crippen molar-refractivity contribution >= 4 is 39.4 Å². The van der Waals surface area contributed by atoms with Gasteiger partial charge in [0.25, 0.3) is 5.91 Å². The Morgan fingerprint density at radius 3 is 2.59 bits per heavy atom. The molecule has 0 radical (unpaired) electrons. The fourth-order valence-corrected chi connectivity index (χ4v) is 3.81. The van der Waals surface area contributed by atoms with E-state index in [1.54, 1.807) is 24.4 Å². The number of aryl methyl sites for hydroxylation is 1. The van der Waals surface area contributed by atoms with Gasteiger partial charge in [0.05, 0.1) is 29.7 Å². The number of amides is 1. The highest BCUT2D eigenvalue weighted by Crippen LogP contribution is 2.31. The van der Waals surface area contributed by atoms with E-state index in [0.29, 0.717) is 32.9 Å². The van der Waals surface area contributed by atoms with Gasteiger partial charge in [-0.25, -0.2) is 15.0 Å². The summed E-state index contributed by atoms with van der Waals surface area (Å²) in [6, 6.07) is 4.28. The van der Waals surface area contributed by atoms with Crippen molar-refractivity contribution in [1.29, 1.82) is 0 Å². The molecule has 4 aromatic rings. The Bertz CT molecular complexity index is 1280. The summed E-state index contributed by atoms with van der Waals surface area (Å²) in [5.41, 5.74) is 7.11. The molecule has 12 heteroatoms. The third-order valence-corrected chi connectivity index (χ3v) is 5.78. The molecule has 0 fully saturated rings. The number of fused-ring (bicyclic) bond motifs is 1. The summed E-state index contributed by atoms with van der Waals surface area (Å²) in [5.74, 6) is 0.0287. The lowest BCUT2D eigenvalue weighted by Gasteiger charge is -2.11. The van der Waals surface area contributed by atoms with Crippen molar-refractivity contribution in [3.8, 4) is 0 Å². The molecule has 4 rings (SSSR count). The van der Waals surface area contributed by atoms with Crippen LogP contribution in [0.2, 0.25) is 0 Å². The molecule has 1 unspecified atom stereocenters. The van der Waals surface area contributed by atoms with E-state index in [4.69, 9.17) is 5.73 Å². The number of alkyl halides is 3. The van der Waals surface area contributed by atoms with Crippen molar-refractivity contribution in [3.63, 3.8) is 0 Å². The fourth-order valence-electron chi connectivity index (χ4n) is 2.97. The van der Waals surface area contributed by atoms with Gasteiger partial charge < -0.3 is 16.4 Å². The van der Waals surface area contributed by atoms with Crippen LogP contribution in [0.1, 0.15) is 39.7 Å². The molecule has 0 aliphatic carbocycles. The number of carbonyl (C=O) groups is 1. The van der Waals surface area contributed by atoms with Crippen molar-refractivity contribution in [3.05, 3.63) is 64.8 Å². The second-order valence-electron chi connectivity index (χ2n) is 7.04. The zero-order valence-corrected chi connectivity index (χ0v) is 17.8. The zero-order chi connectivity index (χ0) is 23.0. The Labute approximate surface area is 184 Å². The van der Waals surface area contributed by atoms with Crippen LogP contribution in [-0.2, 0) is 6.18 Å². The van der Waals surface area contributed by atoms with Gasteiger partial charge in [-0.05, 0) is 38.1 Å². The number of halogens is 3. The molecule has 166 valence electrons. The minimum absolute atomic E-state index is 0.174. The molecule has 0 aliphatic heterocycles. The number of aromatic nitrogens is 4. The highest BCUT2D eigenvalue weighted by Gasteiger charge is 2.30. The second-order valence-corrected chi connectivity index (χ2v) is 8.10. The molecular formula is C20H18F3N7OS. The summed E-state index contributed by atoms with van der Waals surface area (Å²) in [4.78, 5) is 25.3. The third-order valence-electron chi connectivity index (χ3n) is 4.68. The SMILES string of the molecule is Cc1nc2cnc(C(=O)NC(C)c3ncc(Nc4ccc(C(F)(F)F)cc4)s3)cn2c1N. The molecule has 3 heterocycles. The first-order chi connectivity index (χ1) is 15.1. The van der Waals surface area contributed by atoms with Gasteiger partial charge in [0.2, 0.25) is 0 Å². The maximum absolute atomic E-state index is 12.7. The molecule has 1 aromatic carbocycles. The molecule has 0 saturated carbocycles. The number of nitrogens with one attached hydrogen (secondary N) is 2. The molecule has 3 aromatic heterocycles. The number of rotatable bonds is 5. The van der Waals surface area contributed by atoms with Crippen molar-refractivity contribution in [2.45, 2.75) is 26.1 Å². The first kappa shape index (κ1) is 21.6. The maximum atomic E-state index is 12.7. The molecule has 1 amide bonds. The molecule has 4 N–H and O–H groups in total. The first-order valence-corrected chi connectivity index (χ1v) is 10.2. The van der Waals surface area contributed by atoms with E-state index < -0.39 is 23.7 Å². The van der Waals surface area contributed by atoms with Gasteiger partial charge in [-0.1, -0.05) is 11.3 Å². The lowest BCUT2D eigenvalue weighted by atomic mass is 10.2. The monoisotopic (exact) mass is 461 g/mol. The number of hydrogen-bond acceptors (Lipinski definition) is 7. The molecule has 32 heavy (non-hydrogen) atoms. The summed E-state index contributed by atoms with van der Waals surface area (Å²) in [6.07, 6.45) is 0.163. The van der Waals surface area contributed by atoms with E-state index in [1.807, 2.05) is 0 Å². The van der Waals surface area contributed by atoms with Crippen molar-refractivity contribution in [1.82, 2.24) is 24.7 Å². The van der Waals surface area contributed by atoms with Gasteiger partial charge in [0.1, 0.15) is 21.5 Å². The Morgan fingerprint density at radius 2 is 1.91 bits per heavy atom. The van der Waals surface area contributed by atoms with Crippen LogP contribution in [0.4, 0.5) is 29.7 Å². The first-order valence-electron chi connectivity index (χ1n) is 9.43. The van der Waals surface area contributed by atoms with Crippen LogP contribution in [0.15, 0.2) is 42.9 Å². The van der Waals surface area contributed by atoms with Gasteiger partial charge in [0.15, 0.2) is 5.65 Å². The maximum Gasteiger partial charge on any atom is 0.416 e. The topological polar surface area (TPSA) is 110 Å². The number of carbonyl (C=O) groups excluding carboxylic acids is 1. The Balaban J connectivity index is 1.43. The average molecular weight is 461 g/mol. The average Bonchev–Trinajstić information content (AvgIpc) is 3.32. The predicted molar refractivity (Wildman–Crippen MR) is 115 cm³/mol. The number of nitrogens with zero attached hydrogens (tertiary/aromatic N) is 4. The van der Waals surface area contributed by atoms with E-state index in [0.717, 1.165) is 12.1 Å². The summed E-state index contributed by atoms with van der Waals surface area (Å²) in [6.45, 7) is 3.54. The summed E-state index contributed by atoms with van der Waals surface area (Å²) < 4.78 is 39.7. The molecule has 0 saturated heterocycles. The minimum Gasteiger partial charge on any atom is -0.383 e.